The van der Waals surface area contributed by atoms with E-state index in [1.807, 2.05) is 0 Å². The molecule has 0 bridgehead atoms. The number of rotatable bonds is 3. The predicted octanol–water partition coefficient (Wildman–Crippen LogP) is 3.48. The third-order valence-electron chi connectivity index (χ3n) is 1.66. The van der Waals surface area contributed by atoms with E-state index in [0.717, 1.165) is 6.20 Å². The van der Waals surface area contributed by atoms with Gasteiger partial charge in [0.15, 0.2) is 0 Å². The van der Waals surface area contributed by atoms with Gasteiger partial charge in [0.1, 0.15) is 10.7 Å². The van der Waals surface area contributed by atoms with Gasteiger partial charge in [0.25, 0.3) is 12.1 Å². The zero-order chi connectivity index (χ0) is 11.6. The summed E-state index contributed by atoms with van der Waals surface area (Å²) in [6.45, 7) is 0. The minimum atomic E-state index is -2.87. The molecule has 0 aromatic carbocycles. The van der Waals surface area contributed by atoms with Crippen molar-refractivity contribution in [1.82, 2.24) is 4.98 Å². The second-order valence-corrected chi connectivity index (χ2v) is 3.48. The summed E-state index contributed by atoms with van der Waals surface area (Å²) >= 11 is 8.40. The van der Waals surface area contributed by atoms with Gasteiger partial charge >= 0.3 is 0 Å². The molecular formula is C7H4BrClF2N2O2. The molecule has 1 heterocycles. The molecule has 0 N–H and O–H groups in total. The molecule has 0 atom stereocenters. The molecule has 4 nitrogen and oxygen atoms in total. The molecule has 0 radical (unpaired) electrons. The van der Waals surface area contributed by atoms with Gasteiger partial charge in [-0.25, -0.2) is 8.78 Å². The molecule has 8 heteroatoms. The Morgan fingerprint density at radius 2 is 2.27 bits per heavy atom. The lowest BCUT2D eigenvalue weighted by Crippen LogP contribution is -2.02. The number of hydrogen-bond donors (Lipinski definition) is 0. The van der Waals surface area contributed by atoms with Crippen LogP contribution in [0.3, 0.4) is 0 Å². The fourth-order valence-corrected chi connectivity index (χ4v) is 1.83. The van der Waals surface area contributed by atoms with E-state index in [1.54, 1.807) is 0 Å². The normalized spacial score (nSPS) is 10.7. The second-order valence-electron chi connectivity index (χ2n) is 2.51. The molecule has 0 unspecified atom stereocenters. The Morgan fingerprint density at radius 1 is 1.67 bits per heavy atom. The zero-order valence-electron chi connectivity index (χ0n) is 7.08. The van der Waals surface area contributed by atoms with E-state index < -0.39 is 22.7 Å². The Kier molecular flexibility index (Phi) is 3.92. The number of hydrogen-bond acceptors (Lipinski definition) is 3. The maximum absolute atomic E-state index is 12.4. The molecule has 0 saturated carbocycles. The van der Waals surface area contributed by atoms with E-state index in [9.17, 15) is 18.9 Å². The molecule has 0 saturated heterocycles. The van der Waals surface area contributed by atoms with Gasteiger partial charge in [-0.3, -0.25) is 15.1 Å². The van der Waals surface area contributed by atoms with Gasteiger partial charge in [0.2, 0.25) is 0 Å². The summed E-state index contributed by atoms with van der Waals surface area (Å²) in [6.07, 6.45) is -2.01. The van der Waals surface area contributed by atoms with Crippen LogP contribution in [0.15, 0.2) is 6.20 Å². The Labute approximate surface area is 96.5 Å². The van der Waals surface area contributed by atoms with Crippen LogP contribution in [-0.4, -0.2) is 9.91 Å². The highest BCUT2D eigenvalue weighted by Gasteiger charge is 2.26. The highest BCUT2D eigenvalue weighted by molar-refractivity contribution is 9.08. The van der Waals surface area contributed by atoms with Crippen molar-refractivity contribution in [3.8, 4) is 0 Å². The summed E-state index contributed by atoms with van der Waals surface area (Å²) in [7, 11) is 0. The average Bonchev–Trinajstić information content (AvgIpc) is 2.15. The smallest absolute Gasteiger partial charge is 0.258 e. The van der Waals surface area contributed by atoms with Crippen LogP contribution in [0.4, 0.5) is 14.5 Å². The average molecular weight is 301 g/mol. The molecule has 0 aliphatic carbocycles. The predicted molar refractivity (Wildman–Crippen MR) is 53.5 cm³/mol. The van der Waals surface area contributed by atoms with Crippen LogP contribution in [0.1, 0.15) is 17.7 Å². The second kappa shape index (κ2) is 4.80. The van der Waals surface area contributed by atoms with Crippen molar-refractivity contribution in [3.63, 3.8) is 0 Å². The third-order valence-corrected chi connectivity index (χ3v) is 2.50. The summed E-state index contributed by atoms with van der Waals surface area (Å²) < 4.78 is 24.9. The molecule has 15 heavy (non-hydrogen) atoms. The van der Waals surface area contributed by atoms with Crippen LogP contribution in [0, 0.1) is 10.1 Å². The van der Waals surface area contributed by atoms with E-state index in [-0.39, 0.29) is 15.9 Å². The minimum absolute atomic E-state index is 0.101. The monoisotopic (exact) mass is 300 g/mol. The Morgan fingerprint density at radius 3 is 2.67 bits per heavy atom. The van der Waals surface area contributed by atoms with Crippen molar-refractivity contribution in [2.24, 2.45) is 0 Å². The van der Waals surface area contributed by atoms with Crippen LogP contribution in [0.25, 0.3) is 0 Å². The topological polar surface area (TPSA) is 56.0 Å². The van der Waals surface area contributed by atoms with Crippen LogP contribution in [0.5, 0.6) is 0 Å². The first-order valence-corrected chi connectivity index (χ1v) is 5.14. The zero-order valence-corrected chi connectivity index (χ0v) is 9.43. The SMILES string of the molecule is O=[N+]([O-])c1c(Cl)cnc(C(F)F)c1CBr. The Balaban J connectivity index is 3.47. The van der Waals surface area contributed by atoms with Gasteiger partial charge < -0.3 is 0 Å². The van der Waals surface area contributed by atoms with Crippen LogP contribution in [0.2, 0.25) is 5.02 Å². The molecule has 1 aromatic rings. The number of alkyl halides is 3. The van der Waals surface area contributed by atoms with Crippen molar-refractivity contribution in [1.29, 1.82) is 0 Å². The maximum atomic E-state index is 12.4. The highest BCUT2D eigenvalue weighted by Crippen LogP contribution is 2.34. The van der Waals surface area contributed by atoms with E-state index in [2.05, 4.69) is 20.9 Å². The molecule has 1 rings (SSSR count). The number of nitrogens with zero attached hydrogens (tertiary/aromatic N) is 2. The third kappa shape index (κ3) is 2.40. The van der Waals surface area contributed by atoms with E-state index in [4.69, 9.17) is 11.6 Å². The minimum Gasteiger partial charge on any atom is -0.258 e. The van der Waals surface area contributed by atoms with Crippen LogP contribution >= 0.6 is 27.5 Å². The first-order chi connectivity index (χ1) is 6.99. The fraction of sp³-hybridized carbons (Fsp3) is 0.286. The molecular weight excluding hydrogens is 297 g/mol. The molecule has 82 valence electrons. The summed E-state index contributed by atoms with van der Waals surface area (Å²) in [4.78, 5) is 13.2. The quantitative estimate of drug-likeness (QED) is 0.488. The standard InChI is InChI=1S/C7H4BrClF2N2O2/c8-1-3-5(7(10)11)12-2-4(9)6(3)13(14)15/h2,7H,1H2. The molecule has 0 fully saturated rings. The van der Waals surface area contributed by atoms with Crippen molar-refractivity contribution >= 4 is 33.2 Å². The highest BCUT2D eigenvalue weighted by atomic mass is 79.9. The van der Waals surface area contributed by atoms with Crippen LogP contribution < -0.4 is 0 Å². The summed E-state index contributed by atoms with van der Waals surface area (Å²) in [5.41, 5.74) is -1.34. The molecule has 0 aliphatic rings. The van der Waals surface area contributed by atoms with Crippen LogP contribution in [-0.2, 0) is 5.33 Å². The van der Waals surface area contributed by atoms with E-state index >= 15 is 0 Å². The van der Waals surface area contributed by atoms with Gasteiger partial charge in [-0.2, -0.15) is 0 Å². The molecule has 1 aromatic heterocycles. The lowest BCUT2D eigenvalue weighted by molar-refractivity contribution is -0.385. The largest absolute Gasteiger partial charge is 0.295 e. The Bertz CT molecular complexity index is 403. The number of pyridine rings is 1. The van der Waals surface area contributed by atoms with Crippen molar-refractivity contribution < 1.29 is 13.7 Å². The van der Waals surface area contributed by atoms with Crippen molar-refractivity contribution in [2.45, 2.75) is 11.8 Å². The number of halogens is 4. The number of nitro groups is 1. The van der Waals surface area contributed by atoms with Gasteiger partial charge in [0.05, 0.1) is 16.7 Å². The van der Waals surface area contributed by atoms with E-state index in [0.29, 0.717) is 0 Å². The lowest BCUT2D eigenvalue weighted by atomic mass is 10.2. The first-order valence-electron chi connectivity index (χ1n) is 3.64. The van der Waals surface area contributed by atoms with Gasteiger partial charge in [-0.05, 0) is 0 Å². The fourth-order valence-electron chi connectivity index (χ4n) is 1.05. The lowest BCUT2D eigenvalue weighted by Gasteiger charge is -2.06. The van der Waals surface area contributed by atoms with Gasteiger partial charge in [-0.1, -0.05) is 27.5 Å². The van der Waals surface area contributed by atoms with Gasteiger partial charge in [-0.15, -0.1) is 0 Å². The summed E-state index contributed by atoms with van der Waals surface area (Å²) in [5.74, 6) is 0. The summed E-state index contributed by atoms with van der Waals surface area (Å²) in [5, 5.41) is 10.3. The molecule has 0 amide bonds. The molecule has 0 spiro atoms. The molecule has 0 aliphatic heterocycles. The van der Waals surface area contributed by atoms with Crippen molar-refractivity contribution in [3.05, 3.63) is 32.6 Å². The van der Waals surface area contributed by atoms with Crippen molar-refractivity contribution in [2.75, 3.05) is 0 Å². The van der Waals surface area contributed by atoms with E-state index in [1.165, 1.54) is 0 Å². The first kappa shape index (κ1) is 12.3. The van der Waals surface area contributed by atoms with Gasteiger partial charge in [0, 0.05) is 5.33 Å². The Hall–Kier alpha value is -0.820. The maximum Gasteiger partial charge on any atom is 0.295 e. The summed E-state index contributed by atoms with van der Waals surface area (Å²) in [6, 6.07) is 0. The number of aromatic nitrogens is 1.